The van der Waals surface area contributed by atoms with Gasteiger partial charge in [0.2, 0.25) is 0 Å². The van der Waals surface area contributed by atoms with E-state index in [9.17, 15) is 4.79 Å². The number of benzene rings is 1. The molecule has 2 aromatic rings. The minimum atomic E-state index is -0.104. The first-order valence-corrected chi connectivity index (χ1v) is 7.85. The lowest BCUT2D eigenvalue weighted by atomic mass is 10.0. The Labute approximate surface area is 136 Å². The zero-order valence-corrected chi connectivity index (χ0v) is 13.5. The Bertz CT molecular complexity index is 659. The van der Waals surface area contributed by atoms with E-state index in [1.807, 2.05) is 29.2 Å². The van der Waals surface area contributed by atoms with Gasteiger partial charge in [0.15, 0.2) is 10.4 Å². The number of piperazine rings is 1. The summed E-state index contributed by atoms with van der Waals surface area (Å²) in [5.41, 5.74) is 1.02. The van der Waals surface area contributed by atoms with Crippen molar-refractivity contribution >= 4 is 33.4 Å². The smallest absolute Gasteiger partial charge is 0.290 e. The van der Waals surface area contributed by atoms with Gasteiger partial charge in [0, 0.05) is 24.7 Å². The number of carbonyl (C=O) groups excluding carboxylic acids is 1. The van der Waals surface area contributed by atoms with Crippen LogP contribution >= 0.6 is 27.5 Å². The summed E-state index contributed by atoms with van der Waals surface area (Å²) in [4.78, 5) is 14.5. The summed E-state index contributed by atoms with van der Waals surface area (Å²) in [6.07, 6.45) is 0. The van der Waals surface area contributed by atoms with Gasteiger partial charge in [-0.25, -0.2) is 0 Å². The molecule has 6 heteroatoms. The standard InChI is InChI=1S/C15H14BrClN2O2/c16-14-5-4-13(21-14)15(20)19-7-6-18-9-12(19)10-2-1-3-11(17)8-10/h1-5,8,12,18H,6-7,9H2. The van der Waals surface area contributed by atoms with Crippen molar-refractivity contribution in [2.45, 2.75) is 6.04 Å². The van der Waals surface area contributed by atoms with Crippen LogP contribution in [0.2, 0.25) is 5.02 Å². The van der Waals surface area contributed by atoms with E-state index in [0.717, 1.165) is 12.1 Å². The van der Waals surface area contributed by atoms with Gasteiger partial charge in [0.1, 0.15) is 0 Å². The third-order valence-electron chi connectivity index (χ3n) is 3.52. The van der Waals surface area contributed by atoms with Crippen molar-refractivity contribution in [2.75, 3.05) is 19.6 Å². The first-order valence-electron chi connectivity index (χ1n) is 6.67. The van der Waals surface area contributed by atoms with Crippen LogP contribution in [-0.4, -0.2) is 30.4 Å². The van der Waals surface area contributed by atoms with Gasteiger partial charge in [-0.2, -0.15) is 0 Å². The van der Waals surface area contributed by atoms with E-state index < -0.39 is 0 Å². The molecule has 0 radical (unpaired) electrons. The van der Waals surface area contributed by atoms with Gasteiger partial charge >= 0.3 is 0 Å². The number of halogens is 2. The molecule has 2 heterocycles. The maximum Gasteiger partial charge on any atom is 0.290 e. The molecule has 0 spiro atoms. The van der Waals surface area contributed by atoms with Crippen molar-refractivity contribution in [3.05, 3.63) is 57.4 Å². The van der Waals surface area contributed by atoms with E-state index in [1.54, 1.807) is 12.1 Å². The summed E-state index contributed by atoms with van der Waals surface area (Å²) in [6, 6.07) is 11.0. The lowest BCUT2D eigenvalue weighted by molar-refractivity contribution is 0.0600. The van der Waals surface area contributed by atoms with E-state index in [2.05, 4.69) is 21.2 Å². The molecule has 1 aliphatic heterocycles. The fourth-order valence-corrected chi connectivity index (χ4v) is 3.04. The molecule has 1 saturated heterocycles. The number of nitrogens with one attached hydrogen (secondary N) is 1. The van der Waals surface area contributed by atoms with Crippen LogP contribution in [0.15, 0.2) is 45.5 Å². The fourth-order valence-electron chi connectivity index (χ4n) is 2.53. The number of hydrogen-bond acceptors (Lipinski definition) is 3. The van der Waals surface area contributed by atoms with Crippen LogP contribution in [0.25, 0.3) is 0 Å². The Balaban J connectivity index is 1.89. The number of carbonyl (C=O) groups is 1. The summed E-state index contributed by atoms with van der Waals surface area (Å²) >= 11 is 9.29. The average Bonchev–Trinajstić information content (AvgIpc) is 2.93. The van der Waals surface area contributed by atoms with Gasteiger partial charge in [-0.1, -0.05) is 23.7 Å². The lowest BCUT2D eigenvalue weighted by Crippen LogP contribution is -2.48. The third-order valence-corrected chi connectivity index (χ3v) is 4.18. The second-order valence-corrected chi connectivity index (χ2v) is 6.10. The van der Waals surface area contributed by atoms with Crippen LogP contribution < -0.4 is 5.32 Å². The van der Waals surface area contributed by atoms with Gasteiger partial charge < -0.3 is 14.6 Å². The SMILES string of the molecule is O=C(c1ccc(Br)o1)N1CCNCC1c1cccc(Cl)c1. The molecule has 110 valence electrons. The minimum absolute atomic E-state index is 0.0474. The highest BCUT2D eigenvalue weighted by Crippen LogP contribution is 2.27. The number of hydrogen-bond donors (Lipinski definition) is 1. The highest BCUT2D eigenvalue weighted by Gasteiger charge is 2.30. The van der Waals surface area contributed by atoms with E-state index in [0.29, 0.717) is 28.5 Å². The van der Waals surface area contributed by atoms with Gasteiger partial charge in [-0.05, 0) is 45.8 Å². The van der Waals surface area contributed by atoms with Crippen molar-refractivity contribution in [3.8, 4) is 0 Å². The zero-order chi connectivity index (χ0) is 14.8. The fraction of sp³-hybridized carbons (Fsp3) is 0.267. The van der Waals surface area contributed by atoms with E-state index >= 15 is 0 Å². The molecule has 1 unspecified atom stereocenters. The molecule has 0 aliphatic carbocycles. The maximum absolute atomic E-state index is 12.6. The molecule has 1 atom stereocenters. The summed E-state index contributed by atoms with van der Waals surface area (Å²) < 4.78 is 5.94. The Hall–Kier alpha value is -1.30. The zero-order valence-electron chi connectivity index (χ0n) is 11.2. The van der Waals surface area contributed by atoms with Gasteiger partial charge in [-0.15, -0.1) is 0 Å². The highest BCUT2D eigenvalue weighted by atomic mass is 79.9. The topological polar surface area (TPSA) is 45.5 Å². The number of amides is 1. The molecule has 21 heavy (non-hydrogen) atoms. The molecule has 0 bridgehead atoms. The van der Waals surface area contributed by atoms with Crippen molar-refractivity contribution in [2.24, 2.45) is 0 Å². The predicted octanol–water partition coefficient (Wildman–Crippen LogP) is 3.48. The summed E-state index contributed by atoms with van der Waals surface area (Å²) in [5, 5.41) is 3.99. The molecule has 1 amide bonds. The van der Waals surface area contributed by atoms with Crippen LogP contribution in [0, 0.1) is 0 Å². The number of rotatable bonds is 2. The quantitative estimate of drug-likeness (QED) is 0.881. The second kappa shape index (κ2) is 6.22. The van der Waals surface area contributed by atoms with E-state index in [4.69, 9.17) is 16.0 Å². The molecule has 0 saturated carbocycles. The summed E-state index contributed by atoms with van der Waals surface area (Å²) in [5.74, 6) is 0.239. The molecule has 3 rings (SSSR count). The predicted molar refractivity (Wildman–Crippen MR) is 84.5 cm³/mol. The van der Waals surface area contributed by atoms with Gasteiger partial charge in [0.05, 0.1) is 6.04 Å². The normalized spacial score (nSPS) is 18.8. The molecule has 1 aliphatic rings. The Morgan fingerprint density at radius 2 is 2.24 bits per heavy atom. The molecular weight excluding hydrogens is 356 g/mol. The minimum Gasteiger partial charge on any atom is -0.444 e. The largest absolute Gasteiger partial charge is 0.444 e. The molecule has 4 nitrogen and oxygen atoms in total. The van der Waals surface area contributed by atoms with Crippen LogP contribution in [0.3, 0.4) is 0 Å². The van der Waals surface area contributed by atoms with Crippen LogP contribution in [0.4, 0.5) is 0 Å². The Kier molecular flexibility index (Phi) is 4.33. The summed E-state index contributed by atoms with van der Waals surface area (Å²) in [6.45, 7) is 2.10. The average molecular weight is 370 g/mol. The van der Waals surface area contributed by atoms with E-state index in [1.165, 1.54) is 0 Å². The van der Waals surface area contributed by atoms with Crippen LogP contribution in [0.5, 0.6) is 0 Å². The molecule has 1 aromatic heterocycles. The molecule has 1 N–H and O–H groups in total. The summed E-state index contributed by atoms with van der Waals surface area (Å²) in [7, 11) is 0. The van der Waals surface area contributed by atoms with Crippen molar-refractivity contribution in [3.63, 3.8) is 0 Å². The highest BCUT2D eigenvalue weighted by molar-refractivity contribution is 9.10. The second-order valence-electron chi connectivity index (χ2n) is 4.88. The Morgan fingerprint density at radius 1 is 1.38 bits per heavy atom. The number of furan rings is 1. The van der Waals surface area contributed by atoms with Crippen molar-refractivity contribution < 1.29 is 9.21 Å². The van der Waals surface area contributed by atoms with E-state index in [-0.39, 0.29) is 11.9 Å². The monoisotopic (exact) mass is 368 g/mol. The van der Waals surface area contributed by atoms with Gasteiger partial charge in [-0.3, -0.25) is 4.79 Å². The number of nitrogens with zero attached hydrogens (tertiary/aromatic N) is 1. The van der Waals surface area contributed by atoms with Crippen molar-refractivity contribution in [1.29, 1.82) is 0 Å². The Morgan fingerprint density at radius 3 is 2.95 bits per heavy atom. The first kappa shape index (κ1) is 14.6. The third kappa shape index (κ3) is 3.15. The van der Waals surface area contributed by atoms with Crippen LogP contribution in [-0.2, 0) is 0 Å². The molecule has 1 aromatic carbocycles. The first-order chi connectivity index (χ1) is 10.1. The molecule has 1 fully saturated rings. The van der Waals surface area contributed by atoms with Gasteiger partial charge in [0.25, 0.3) is 5.91 Å². The van der Waals surface area contributed by atoms with Crippen LogP contribution in [0.1, 0.15) is 22.2 Å². The lowest BCUT2D eigenvalue weighted by Gasteiger charge is -2.36. The van der Waals surface area contributed by atoms with Crippen molar-refractivity contribution in [1.82, 2.24) is 10.2 Å². The molecular formula is C15H14BrClN2O2. The maximum atomic E-state index is 12.6.